The highest BCUT2D eigenvalue weighted by Crippen LogP contribution is 2.45. The van der Waals surface area contributed by atoms with Crippen molar-refractivity contribution in [3.05, 3.63) is 81.9 Å². The van der Waals surface area contributed by atoms with E-state index in [1.54, 1.807) is 30.3 Å². The number of anilines is 1. The van der Waals surface area contributed by atoms with Crippen LogP contribution in [0.15, 0.2) is 76.4 Å². The number of unbranched alkanes of at least 4 members (excludes halogenated alkanes) is 1. The van der Waals surface area contributed by atoms with Crippen molar-refractivity contribution in [3.63, 3.8) is 0 Å². The van der Waals surface area contributed by atoms with Gasteiger partial charge in [0.05, 0.1) is 16.7 Å². The Morgan fingerprint density at radius 2 is 1.79 bits per heavy atom. The lowest BCUT2D eigenvalue weighted by Gasteiger charge is -2.37. The van der Waals surface area contributed by atoms with Gasteiger partial charge in [-0.05, 0) is 38.1 Å². The average molecular weight is 559 g/mol. The Balaban J connectivity index is 1.58. The molecule has 1 fully saturated rings. The van der Waals surface area contributed by atoms with Crippen LogP contribution in [0.5, 0.6) is 0 Å². The molecule has 6 nitrogen and oxygen atoms in total. The summed E-state index contributed by atoms with van der Waals surface area (Å²) in [6, 6.07) is 13.3. The van der Waals surface area contributed by atoms with E-state index in [2.05, 4.69) is 16.6 Å². The van der Waals surface area contributed by atoms with Crippen LogP contribution in [0.2, 0.25) is 5.02 Å². The Hall–Kier alpha value is -3.27. The predicted molar refractivity (Wildman–Crippen MR) is 144 cm³/mol. The normalized spacial score (nSPS) is 22.4. The van der Waals surface area contributed by atoms with Crippen LogP contribution >= 0.6 is 11.6 Å². The summed E-state index contributed by atoms with van der Waals surface area (Å²) in [7, 11) is 0. The zero-order chi connectivity index (χ0) is 28.3. The fourth-order valence-corrected chi connectivity index (χ4v) is 5.59. The topological polar surface area (TPSA) is 76.1 Å². The highest BCUT2D eigenvalue weighted by molar-refractivity contribution is 6.33. The minimum Gasteiger partial charge on any atom is -0.384 e. The number of amides is 1. The third-order valence-electron chi connectivity index (χ3n) is 7.51. The first-order chi connectivity index (χ1) is 18.4. The summed E-state index contributed by atoms with van der Waals surface area (Å²) in [6.45, 7) is 6.72. The average Bonchev–Trinajstić information content (AvgIpc) is 3.33. The molecule has 2 N–H and O–H groups in total. The number of para-hydroxylation sites is 1. The summed E-state index contributed by atoms with van der Waals surface area (Å²) in [4.78, 5) is 13.2. The maximum atomic E-state index is 14.0. The van der Waals surface area contributed by atoms with Crippen LogP contribution in [0, 0.1) is 0 Å². The number of rotatable bonds is 5. The highest BCUT2D eigenvalue weighted by atomic mass is 35.5. The predicted octanol–water partition coefficient (Wildman–Crippen LogP) is 5.44. The van der Waals surface area contributed by atoms with Crippen molar-refractivity contribution in [1.29, 1.82) is 0 Å². The molecule has 0 spiro atoms. The molecule has 2 atom stereocenters. The molecule has 2 heterocycles. The molecule has 39 heavy (non-hydrogen) atoms. The molecular formula is C29H28ClF3N3O3+. The van der Waals surface area contributed by atoms with E-state index in [4.69, 9.17) is 11.6 Å². The molecule has 3 aliphatic rings. The van der Waals surface area contributed by atoms with Crippen LogP contribution in [0.3, 0.4) is 0 Å². The van der Waals surface area contributed by atoms with Crippen molar-refractivity contribution in [3.8, 4) is 0 Å². The Morgan fingerprint density at radius 1 is 1.13 bits per heavy atom. The quantitative estimate of drug-likeness (QED) is 0.379. The van der Waals surface area contributed by atoms with Crippen molar-refractivity contribution < 1.29 is 32.8 Å². The van der Waals surface area contributed by atoms with Crippen LogP contribution < -0.4 is 5.01 Å². The van der Waals surface area contributed by atoms with Gasteiger partial charge in [-0.3, -0.25) is 4.79 Å². The summed E-state index contributed by atoms with van der Waals surface area (Å²) < 4.78 is 44.0. The molecule has 2 aromatic rings. The summed E-state index contributed by atoms with van der Waals surface area (Å²) >= 11 is 6.28. The number of alkyl halides is 3. The van der Waals surface area contributed by atoms with E-state index in [1.165, 1.54) is 12.1 Å². The molecule has 204 valence electrons. The maximum Gasteiger partial charge on any atom is 0.435 e. The molecule has 2 aromatic carbocycles. The molecule has 1 aliphatic carbocycles. The molecular weight excluding hydrogens is 531 g/mol. The van der Waals surface area contributed by atoms with Crippen molar-refractivity contribution in [2.45, 2.75) is 57.4 Å². The summed E-state index contributed by atoms with van der Waals surface area (Å²) in [5.74, 6) is -1.05. The molecule has 1 amide bonds. The first kappa shape index (κ1) is 27.3. The van der Waals surface area contributed by atoms with E-state index < -0.39 is 46.6 Å². The van der Waals surface area contributed by atoms with Crippen molar-refractivity contribution in [1.82, 2.24) is 0 Å². The number of aliphatic hydroxyl groups excluding tert-OH is 2. The molecule has 5 rings (SSSR count). The number of carbonyl (C=O) groups is 1. The van der Waals surface area contributed by atoms with Gasteiger partial charge in [0.1, 0.15) is 18.8 Å². The highest BCUT2D eigenvalue weighted by Gasteiger charge is 2.54. The number of benzene rings is 2. The molecule has 2 aliphatic heterocycles. The Labute approximate surface area is 229 Å². The zero-order valence-corrected chi connectivity index (χ0v) is 22.4. The third-order valence-corrected chi connectivity index (χ3v) is 7.75. The summed E-state index contributed by atoms with van der Waals surface area (Å²) in [5, 5.41) is 26.9. The number of nitrogens with zero attached hydrogens (tertiary/aromatic N) is 3. The number of hydrazone groups is 1. The largest absolute Gasteiger partial charge is 0.435 e. The second kappa shape index (κ2) is 9.73. The second-order valence-electron chi connectivity index (χ2n) is 10.4. The minimum atomic E-state index is -4.97. The van der Waals surface area contributed by atoms with Crippen LogP contribution in [0.4, 0.5) is 24.5 Å². The van der Waals surface area contributed by atoms with Crippen LogP contribution in [-0.4, -0.2) is 57.0 Å². The Bertz CT molecular complexity index is 1460. The van der Waals surface area contributed by atoms with Crippen LogP contribution in [0.1, 0.15) is 39.2 Å². The number of hydrogen-bond donors (Lipinski definition) is 2. The smallest absolute Gasteiger partial charge is 0.384 e. The van der Waals surface area contributed by atoms with Gasteiger partial charge in [-0.25, -0.2) is 0 Å². The van der Waals surface area contributed by atoms with Gasteiger partial charge in [0, 0.05) is 40.3 Å². The minimum absolute atomic E-state index is 0.119. The van der Waals surface area contributed by atoms with Gasteiger partial charge < -0.3 is 10.2 Å². The van der Waals surface area contributed by atoms with Gasteiger partial charge >= 0.3 is 6.18 Å². The second-order valence-corrected chi connectivity index (χ2v) is 10.8. The van der Waals surface area contributed by atoms with Gasteiger partial charge in [-0.15, -0.1) is 0 Å². The zero-order valence-electron chi connectivity index (χ0n) is 21.6. The van der Waals surface area contributed by atoms with Crippen LogP contribution in [-0.2, 0) is 10.2 Å². The monoisotopic (exact) mass is 558 g/mol. The number of halogens is 4. The lowest BCUT2D eigenvalue weighted by Crippen LogP contribution is -2.46. The van der Waals surface area contributed by atoms with E-state index in [0.717, 1.165) is 29.8 Å². The first-order valence-corrected chi connectivity index (χ1v) is 13.1. The molecule has 1 saturated carbocycles. The molecule has 0 aromatic heterocycles. The van der Waals surface area contributed by atoms with Crippen LogP contribution in [0.25, 0.3) is 0 Å². The van der Waals surface area contributed by atoms with E-state index in [1.807, 2.05) is 26.0 Å². The molecule has 10 heteroatoms. The van der Waals surface area contributed by atoms with E-state index in [0.29, 0.717) is 16.6 Å². The molecule has 0 saturated heterocycles. The summed E-state index contributed by atoms with van der Waals surface area (Å²) in [6.07, 6.45) is -4.68. The fourth-order valence-electron chi connectivity index (χ4n) is 5.42. The summed E-state index contributed by atoms with van der Waals surface area (Å²) in [5.41, 5.74) is -0.274. The van der Waals surface area contributed by atoms with E-state index in [-0.39, 0.29) is 11.3 Å². The number of hydrogen-bond acceptors (Lipinski definition) is 4. The number of fused-ring (bicyclic) bond motifs is 1. The van der Waals surface area contributed by atoms with Gasteiger partial charge in [0.15, 0.2) is 11.4 Å². The van der Waals surface area contributed by atoms with Crippen molar-refractivity contribution in [2.24, 2.45) is 5.10 Å². The Kier molecular flexibility index (Phi) is 6.81. The number of aliphatic hydroxyl groups is 2. The lowest BCUT2D eigenvalue weighted by atomic mass is 9.72. The number of carbonyl (C=O) groups excluding carboxylic acids is 1. The molecule has 2 unspecified atom stereocenters. The molecule has 0 radical (unpaired) electrons. The van der Waals surface area contributed by atoms with Gasteiger partial charge in [-0.2, -0.15) is 27.9 Å². The van der Waals surface area contributed by atoms with Gasteiger partial charge in [0.2, 0.25) is 5.69 Å². The standard InChI is InChI=1S/C29H28ClF3N3O3/c1-4-5-13-35-20-12-11-16(30)14-19(20)28(2,3)21(35)15-18-24(37)22(25(18)38)23-26(29(31,32)33)34-36(27(23)39)17-9-7-6-8-10-17/h6-12,14-15,24-25,37-38H,4-5,13H2,1-3H3/q+1. The maximum absolute atomic E-state index is 14.0. The SMILES string of the molecule is CCCC[N+]1=C(C=C2C(O)C(=C3C(=O)N(c4ccccc4)N=C3C(F)(F)F)C2O)C(C)(C)c2cc(Cl)ccc21. The van der Waals surface area contributed by atoms with E-state index in [9.17, 15) is 28.2 Å². The van der Waals surface area contributed by atoms with Crippen molar-refractivity contribution >= 4 is 40.3 Å². The van der Waals surface area contributed by atoms with Crippen molar-refractivity contribution in [2.75, 3.05) is 11.6 Å². The first-order valence-electron chi connectivity index (χ1n) is 12.7. The fraction of sp³-hybridized carbons (Fsp3) is 0.345. The van der Waals surface area contributed by atoms with Gasteiger partial charge in [0.25, 0.3) is 5.91 Å². The number of allylic oxidation sites excluding steroid dienone is 1. The van der Waals surface area contributed by atoms with Gasteiger partial charge in [-0.1, -0.05) is 43.1 Å². The third kappa shape index (κ3) is 4.42. The van der Waals surface area contributed by atoms with E-state index >= 15 is 0 Å². The lowest BCUT2D eigenvalue weighted by molar-refractivity contribution is -0.438. The Morgan fingerprint density at radius 3 is 2.41 bits per heavy atom. The molecule has 0 bridgehead atoms.